The van der Waals surface area contributed by atoms with Crippen LogP contribution in [0.25, 0.3) is 21.7 Å². The summed E-state index contributed by atoms with van der Waals surface area (Å²) in [6.07, 6.45) is 1.84. The van der Waals surface area contributed by atoms with Crippen LogP contribution in [0.5, 0.6) is 0 Å². The highest BCUT2D eigenvalue weighted by Crippen LogP contribution is 2.30. The first-order valence-electron chi connectivity index (χ1n) is 7.23. The number of thiophene rings is 1. The lowest BCUT2D eigenvalue weighted by atomic mass is 10.3. The monoisotopic (exact) mass is 305 g/mol. The number of fused-ring (bicyclic) bond motifs is 1. The van der Waals surface area contributed by atoms with Crippen LogP contribution in [0.3, 0.4) is 0 Å². The fraction of sp³-hybridized carbons (Fsp3) is 0.111. The van der Waals surface area contributed by atoms with Crippen molar-refractivity contribution in [2.75, 3.05) is 0 Å². The van der Waals surface area contributed by atoms with Gasteiger partial charge in [-0.3, -0.25) is 4.98 Å². The molecule has 0 unspecified atom stereocenters. The van der Waals surface area contributed by atoms with Gasteiger partial charge in [-0.05, 0) is 43.3 Å². The Morgan fingerprint density at radius 3 is 2.64 bits per heavy atom. The molecule has 0 N–H and O–H groups in total. The van der Waals surface area contributed by atoms with E-state index in [1.54, 1.807) is 11.3 Å². The van der Waals surface area contributed by atoms with Crippen LogP contribution in [0.15, 0.2) is 60.8 Å². The minimum Gasteiger partial charge on any atom is -0.317 e. The molecule has 3 aromatic heterocycles. The maximum Gasteiger partial charge on any atom is 0.151 e. The number of aromatic nitrogens is 3. The van der Waals surface area contributed by atoms with Crippen LogP contribution in [-0.4, -0.2) is 14.5 Å². The first-order valence-corrected chi connectivity index (χ1v) is 8.05. The third kappa shape index (κ3) is 2.31. The topological polar surface area (TPSA) is 30.7 Å². The summed E-state index contributed by atoms with van der Waals surface area (Å²) >= 11 is 1.78. The molecule has 0 spiro atoms. The zero-order chi connectivity index (χ0) is 14.9. The molecule has 0 saturated carbocycles. The average Bonchev–Trinajstić information content (AvgIpc) is 3.13. The fourth-order valence-corrected chi connectivity index (χ4v) is 3.50. The van der Waals surface area contributed by atoms with E-state index >= 15 is 0 Å². The highest BCUT2D eigenvalue weighted by molar-refractivity contribution is 7.15. The zero-order valence-corrected chi connectivity index (χ0v) is 13.0. The summed E-state index contributed by atoms with van der Waals surface area (Å²) in [5.41, 5.74) is 3.22. The molecular weight excluding hydrogens is 290 g/mol. The van der Waals surface area contributed by atoms with E-state index in [0.29, 0.717) is 0 Å². The molecule has 0 radical (unpaired) electrons. The quantitative estimate of drug-likeness (QED) is 0.557. The molecule has 22 heavy (non-hydrogen) atoms. The van der Waals surface area contributed by atoms with Crippen molar-refractivity contribution in [1.29, 1.82) is 0 Å². The van der Waals surface area contributed by atoms with Gasteiger partial charge in [0, 0.05) is 11.1 Å². The first kappa shape index (κ1) is 13.2. The minimum absolute atomic E-state index is 0.730. The van der Waals surface area contributed by atoms with E-state index in [2.05, 4.69) is 52.9 Å². The maximum absolute atomic E-state index is 4.84. The molecule has 0 aliphatic heterocycles. The summed E-state index contributed by atoms with van der Waals surface area (Å²) < 4.78 is 2.25. The summed E-state index contributed by atoms with van der Waals surface area (Å²) in [7, 11) is 0. The predicted molar refractivity (Wildman–Crippen MR) is 91.1 cm³/mol. The number of hydrogen-bond acceptors (Lipinski definition) is 3. The van der Waals surface area contributed by atoms with Crippen molar-refractivity contribution in [3.8, 4) is 10.7 Å². The molecule has 0 aliphatic carbocycles. The highest BCUT2D eigenvalue weighted by Gasteiger charge is 2.14. The largest absolute Gasteiger partial charge is 0.317 e. The highest BCUT2D eigenvalue weighted by atomic mass is 32.1. The number of hydrogen-bond donors (Lipinski definition) is 0. The van der Waals surface area contributed by atoms with E-state index in [4.69, 9.17) is 4.98 Å². The second kappa shape index (κ2) is 5.39. The third-order valence-corrected chi connectivity index (χ3v) is 4.66. The molecule has 0 bridgehead atoms. The second-order valence-corrected chi connectivity index (χ2v) is 6.53. The number of benzene rings is 1. The Balaban J connectivity index is 1.90. The van der Waals surface area contributed by atoms with Gasteiger partial charge in [-0.15, -0.1) is 11.3 Å². The first-order chi connectivity index (χ1) is 10.8. The minimum atomic E-state index is 0.730. The Morgan fingerprint density at radius 2 is 1.86 bits per heavy atom. The Kier molecular flexibility index (Phi) is 3.24. The average molecular weight is 305 g/mol. The molecule has 0 amide bonds. The van der Waals surface area contributed by atoms with Crippen LogP contribution >= 0.6 is 11.3 Å². The molecule has 0 saturated heterocycles. The van der Waals surface area contributed by atoms with Gasteiger partial charge in [0.25, 0.3) is 0 Å². The van der Waals surface area contributed by atoms with Crippen LogP contribution in [-0.2, 0) is 6.54 Å². The lowest BCUT2D eigenvalue weighted by Crippen LogP contribution is -2.03. The number of para-hydroxylation sites is 2. The van der Waals surface area contributed by atoms with E-state index in [1.165, 1.54) is 9.75 Å². The lowest BCUT2D eigenvalue weighted by molar-refractivity contribution is 0.807. The number of nitrogens with zero attached hydrogens (tertiary/aromatic N) is 3. The molecule has 0 fully saturated rings. The number of aryl methyl sites for hydroxylation is 1. The van der Waals surface area contributed by atoms with Gasteiger partial charge in [0.15, 0.2) is 5.82 Å². The van der Waals surface area contributed by atoms with Crippen molar-refractivity contribution in [2.45, 2.75) is 13.5 Å². The standard InChI is InChI=1S/C18H15N3S/c1-13-9-10-17(22-13)18-20-15-7-2-3-8-16(15)21(18)12-14-6-4-5-11-19-14/h2-11H,12H2,1H3. The van der Waals surface area contributed by atoms with Crippen molar-refractivity contribution in [3.63, 3.8) is 0 Å². The smallest absolute Gasteiger partial charge is 0.151 e. The van der Waals surface area contributed by atoms with Crippen LogP contribution in [0, 0.1) is 6.92 Å². The van der Waals surface area contributed by atoms with Gasteiger partial charge in [0.05, 0.1) is 28.1 Å². The van der Waals surface area contributed by atoms with Gasteiger partial charge in [-0.2, -0.15) is 0 Å². The molecule has 4 rings (SSSR count). The molecule has 3 heterocycles. The molecule has 1 aromatic carbocycles. The van der Waals surface area contributed by atoms with E-state index in [0.717, 1.165) is 29.1 Å². The SMILES string of the molecule is Cc1ccc(-c2nc3ccccc3n2Cc2ccccn2)s1. The van der Waals surface area contributed by atoms with Gasteiger partial charge in [-0.1, -0.05) is 18.2 Å². The normalized spacial score (nSPS) is 11.1. The number of rotatable bonds is 3. The summed E-state index contributed by atoms with van der Waals surface area (Å²) in [5, 5.41) is 0. The van der Waals surface area contributed by atoms with Crippen molar-refractivity contribution in [1.82, 2.24) is 14.5 Å². The van der Waals surface area contributed by atoms with E-state index in [1.807, 2.05) is 24.4 Å². The number of pyridine rings is 1. The molecule has 4 aromatic rings. The molecule has 4 heteroatoms. The van der Waals surface area contributed by atoms with E-state index in [-0.39, 0.29) is 0 Å². The maximum atomic E-state index is 4.84. The van der Waals surface area contributed by atoms with Crippen molar-refractivity contribution >= 4 is 22.4 Å². The Bertz CT molecular complexity index is 922. The predicted octanol–water partition coefficient (Wildman–Crippen LogP) is 4.52. The van der Waals surface area contributed by atoms with Gasteiger partial charge in [-0.25, -0.2) is 4.98 Å². The second-order valence-electron chi connectivity index (χ2n) is 5.24. The van der Waals surface area contributed by atoms with Crippen LogP contribution in [0.1, 0.15) is 10.6 Å². The van der Waals surface area contributed by atoms with Gasteiger partial charge in [0.2, 0.25) is 0 Å². The Hall–Kier alpha value is -2.46. The van der Waals surface area contributed by atoms with E-state index < -0.39 is 0 Å². The molecule has 3 nitrogen and oxygen atoms in total. The molecule has 0 aliphatic rings. The summed E-state index contributed by atoms with van der Waals surface area (Å²) in [6, 6.07) is 18.6. The summed E-state index contributed by atoms with van der Waals surface area (Å²) in [6.45, 7) is 2.85. The summed E-state index contributed by atoms with van der Waals surface area (Å²) in [5.74, 6) is 1.02. The third-order valence-electron chi connectivity index (χ3n) is 3.66. The Labute approximate surface area is 132 Å². The molecule has 108 valence electrons. The van der Waals surface area contributed by atoms with Crippen molar-refractivity contribution < 1.29 is 0 Å². The van der Waals surface area contributed by atoms with Gasteiger partial charge >= 0.3 is 0 Å². The van der Waals surface area contributed by atoms with E-state index in [9.17, 15) is 0 Å². The van der Waals surface area contributed by atoms with Gasteiger partial charge in [0.1, 0.15) is 0 Å². The van der Waals surface area contributed by atoms with Crippen LogP contribution in [0.4, 0.5) is 0 Å². The Morgan fingerprint density at radius 1 is 1.00 bits per heavy atom. The summed E-state index contributed by atoms with van der Waals surface area (Å²) in [4.78, 5) is 11.8. The van der Waals surface area contributed by atoms with Crippen molar-refractivity contribution in [2.24, 2.45) is 0 Å². The number of imidazole rings is 1. The lowest BCUT2D eigenvalue weighted by Gasteiger charge is -2.07. The van der Waals surface area contributed by atoms with Crippen LogP contribution in [0.2, 0.25) is 0 Å². The molecular formula is C18H15N3S. The zero-order valence-electron chi connectivity index (χ0n) is 12.2. The molecule has 0 atom stereocenters. The van der Waals surface area contributed by atoms with Crippen molar-refractivity contribution in [3.05, 3.63) is 71.4 Å². The fourth-order valence-electron chi connectivity index (χ4n) is 2.63. The van der Waals surface area contributed by atoms with Crippen LogP contribution < -0.4 is 0 Å². The van der Waals surface area contributed by atoms with Gasteiger partial charge < -0.3 is 4.57 Å².